The summed E-state index contributed by atoms with van der Waals surface area (Å²) in [7, 11) is 0. The van der Waals surface area contributed by atoms with Crippen molar-refractivity contribution in [1.29, 1.82) is 0 Å². The van der Waals surface area contributed by atoms with Crippen LogP contribution in [0, 0.1) is 0 Å². The number of hydrogen-bond donors (Lipinski definition) is 2. The third-order valence-corrected chi connectivity index (χ3v) is 5.20. The molecule has 10 heteroatoms. The molecule has 1 aromatic rings. The molecular formula is C16H15N2NaO6S. The smallest absolute Gasteiger partial charge is 0.543 e. The van der Waals surface area contributed by atoms with E-state index >= 15 is 0 Å². The Bertz CT molecular complexity index is 742. The molecule has 3 rings (SSSR count). The van der Waals surface area contributed by atoms with Gasteiger partial charge in [-0.1, -0.05) is 18.2 Å². The Kier molecular flexibility index (Phi) is 7.13. The fourth-order valence-electron chi connectivity index (χ4n) is 2.67. The van der Waals surface area contributed by atoms with Gasteiger partial charge < -0.3 is 25.1 Å². The molecule has 0 aliphatic carbocycles. The molecule has 1 saturated heterocycles. The molecule has 2 amide bonds. The maximum Gasteiger partial charge on any atom is 1.00 e. The van der Waals surface area contributed by atoms with Crippen molar-refractivity contribution in [2.45, 2.75) is 11.4 Å². The van der Waals surface area contributed by atoms with E-state index in [1.165, 1.54) is 11.8 Å². The number of carboxylic acid groups (broad SMARTS) is 1. The Labute approximate surface area is 175 Å². The van der Waals surface area contributed by atoms with Crippen molar-refractivity contribution in [3.63, 3.8) is 0 Å². The van der Waals surface area contributed by atoms with Crippen molar-refractivity contribution in [1.82, 2.24) is 10.2 Å². The van der Waals surface area contributed by atoms with Gasteiger partial charge in [0.15, 0.2) is 6.61 Å². The van der Waals surface area contributed by atoms with E-state index in [0.29, 0.717) is 5.75 Å². The number of hydrogen-bond acceptors (Lipinski definition) is 7. The zero-order chi connectivity index (χ0) is 18.0. The number of thioether (sulfide) groups is 1. The topological polar surface area (TPSA) is 119 Å². The van der Waals surface area contributed by atoms with Crippen molar-refractivity contribution in [2.75, 3.05) is 19.0 Å². The first-order valence-electron chi connectivity index (χ1n) is 7.49. The van der Waals surface area contributed by atoms with Gasteiger partial charge in [0.05, 0.1) is 18.3 Å². The summed E-state index contributed by atoms with van der Waals surface area (Å²) in [6.07, 6.45) is 0. The molecule has 0 radical (unpaired) electrons. The fraction of sp³-hybridized carbons (Fsp3) is 0.312. The predicted octanol–water partition coefficient (Wildman–Crippen LogP) is -4.53. The molecule has 0 unspecified atom stereocenters. The van der Waals surface area contributed by atoms with E-state index in [9.17, 15) is 24.6 Å². The first-order chi connectivity index (χ1) is 12.0. The average molecular weight is 386 g/mol. The van der Waals surface area contributed by atoms with Gasteiger partial charge in [0.2, 0.25) is 0 Å². The van der Waals surface area contributed by atoms with Crippen LogP contribution in [0.25, 0.3) is 0 Å². The number of benzene rings is 1. The zero-order valence-corrected chi connectivity index (χ0v) is 16.8. The SMILES string of the molecule is O=C(COc1ccccc1)N[C@H]1C(=O)N2C(C(=O)[O-])=C(CO)CS[C@@H]12.[Na+]. The van der Waals surface area contributed by atoms with Crippen LogP contribution < -0.4 is 44.7 Å². The Morgan fingerprint density at radius 1 is 1.35 bits per heavy atom. The molecule has 0 spiro atoms. The number of amides is 2. The molecule has 1 fully saturated rings. The third kappa shape index (κ3) is 4.07. The number of β-lactam (4-membered cyclic amide) rings is 1. The number of aliphatic hydroxyl groups excluding tert-OH is 1. The molecule has 0 bridgehead atoms. The van der Waals surface area contributed by atoms with Crippen molar-refractivity contribution in [2.24, 2.45) is 0 Å². The van der Waals surface area contributed by atoms with E-state index in [1.54, 1.807) is 24.3 Å². The van der Waals surface area contributed by atoms with Gasteiger partial charge in [0.25, 0.3) is 11.8 Å². The third-order valence-electron chi connectivity index (χ3n) is 3.86. The number of para-hydroxylation sites is 1. The molecular weight excluding hydrogens is 371 g/mol. The Hall–Kier alpha value is -1.52. The van der Waals surface area contributed by atoms with Crippen LogP contribution >= 0.6 is 11.8 Å². The number of carboxylic acids is 1. The number of nitrogens with zero attached hydrogens (tertiary/aromatic N) is 1. The number of rotatable bonds is 6. The van der Waals surface area contributed by atoms with Crippen LogP contribution in [0.15, 0.2) is 41.6 Å². The Morgan fingerprint density at radius 2 is 2.04 bits per heavy atom. The van der Waals surface area contributed by atoms with E-state index in [4.69, 9.17) is 4.74 Å². The minimum atomic E-state index is -1.51. The van der Waals surface area contributed by atoms with Crippen molar-refractivity contribution in [3.8, 4) is 5.75 Å². The number of aliphatic carboxylic acids is 1. The van der Waals surface area contributed by atoms with E-state index in [2.05, 4.69) is 5.32 Å². The predicted molar refractivity (Wildman–Crippen MR) is 86.1 cm³/mol. The summed E-state index contributed by atoms with van der Waals surface area (Å²) in [5.74, 6) is -1.76. The quantitative estimate of drug-likeness (QED) is 0.373. The molecule has 0 aromatic heterocycles. The Morgan fingerprint density at radius 3 is 2.65 bits per heavy atom. The van der Waals surface area contributed by atoms with E-state index in [-0.39, 0.29) is 53.2 Å². The molecule has 132 valence electrons. The van der Waals surface area contributed by atoms with Crippen LogP contribution in [0.4, 0.5) is 0 Å². The van der Waals surface area contributed by atoms with Gasteiger partial charge in [-0.3, -0.25) is 14.5 Å². The van der Waals surface area contributed by atoms with Crippen molar-refractivity contribution < 1.29 is 58.9 Å². The summed E-state index contributed by atoms with van der Waals surface area (Å²) in [4.78, 5) is 36.5. The Balaban J connectivity index is 0.00000243. The minimum absolute atomic E-state index is 0. The molecule has 2 N–H and O–H groups in total. The van der Waals surface area contributed by atoms with Crippen LogP contribution in [0.1, 0.15) is 0 Å². The number of carbonyl (C=O) groups is 3. The average Bonchev–Trinajstić information content (AvgIpc) is 2.63. The normalized spacial score (nSPS) is 21.3. The second-order valence-electron chi connectivity index (χ2n) is 5.45. The van der Waals surface area contributed by atoms with Gasteiger partial charge in [0.1, 0.15) is 17.2 Å². The van der Waals surface area contributed by atoms with E-state index < -0.39 is 35.8 Å². The largest absolute Gasteiger partial charge is 1.00 e. The molecule has 0 saturated carbocycles. The van der Waals surface area contributed by atoms with Crippen LogP contribution in [0.5, 0.6) is 5.75 Å². The molecule has 26 heavy (non-hydrogen) atoms. The standard InChI is InChI=1S/C16H16N2O6S.Na/c19-6-9-8-25-15-12(14(21)18(15)13(9)16(22)23)17-11(20)7-24-10-4-2-1-3-5-10;/h1-5,12,15,19H,6-8H2,(H,17,20)(H,22,23);/q;+1/p-1/t12-,15-;/m0./s1. The van der Waals surface area contributed by atoms with Gasteiger partial charge in [-0.25, -0.2) is 0 Å². The monoisotopic (exact) mass is 386 g/mol. The number of ether oxygens (including phenoxy) is 1. The summed E-state index contributed by atoms with van der Waals surface area (Å²) in [6, 6.07) is 7.93. The van der Waals surface area contributed by atoms with Crippen LogP contribution in [0.2, 0.25) is 0 Å². The number of carbonyl (C=O) groups excluding carboxylic acids is 3. The van der Waals surface area contributed by atoms with Gasteiger partial charge in [-0.05, 0) is 17.7 Å². The molecule has 2 atom stereocenters. The molecule has 1 aromatic carbocycles. The summed E-state index contributed by atoms with van der Waals surface area (Å²) in [6.45, 7) is -0.717. The van der Waals surface area contributed by atoms with Gasteiger partial charge in [-0.15, -0.1) is 11.8 Å². The van der Waals surface area contributed by atoms with Crippen molar-refractivity contribution >= 4 is 29.5 Å². The van der Waals surface area contributed by atoms with Crippen LogP contribution in [-0.2, 0) is 14.4 Å². The molecule has 8 nitrogen and oxygen atoms in total. The second-order valence-corrected chi connectivity index (χ2v) is 6.56. The fourth-order valence-corrected chi connectivity index (χ4v) is 4.01. The summed E-state index contributed by atoms with van der Waals surface area (Å²) < 4.78 is 5.31. The maximum absolute atomic E-state index is 12.2. The maximum atomic E-state index is 12.2. The zero-order valence-electron chi connectivity index (χ0n) is 14.0. The van der Waals surface area contributed by atoms with E-state index in [1.807, 2.05) is 6.07 Å². The number of nitrogens with one attached hydrogen (secondary N) is 1. The minimum Gasteiger partial charge on any atom is -0.543 e. The van der Waals surface area contributed by atoms with Gasteiger partial charge in [-0.2, -0.15) is 0 Å². The van der Waals surface area contributed by atoms with Crippen LogP contribution in [-0.4, -0.2) is 58.2 Å². The first kappa shape index (κ1) is 20.8. The summed E-state index contributed by atoms with van der Waals surface area (Å²) in [5, 5.41) is 22.5. The van der Waals surface area contributed by atoms with Gasteiger partial charge in [0, 0.05) is 5.75 Å². The molecule has 2 heterocycles. The van der Waals surface area contributed by atoms with E-state index in [0.717, 1.165) is 4.90 Å². The summed E-state index contributed by atoms with van der Waals surface area (Å²) >= 11 is 1.28. The van der Waals surface area contributed by atoms with Crippen LogP contribution in [0.3, 0.4) is 0 Å². The van der Waals surface area contributed by atoms with Gasteiger partial charge >= 0.3 is 29.6 Å². The first-order valence-corrected chi connectivity index (χ1v) is 8.54. The molecule has 2 aliphatic heterocycles. The second kappa shape index (κ2) is 8.92. The number of aliphatic hydroxyl groups is 1. The molecule has 2 aliphatic rings. The van der Waals surface area contributed by atoms with Crippen molar-refractivity contribution in [3.05, 3.63) is 41.6 Å². The number of fused-ring (bicyclic) bond motifs is 1. The summed E-state index contributed by atoms with van der Waals surface area (Å²) in [5.41, 5.74) is -0.0749.